The molecule has 6 rings (SSSR count). The third-order valence-corrected chi connectivity index (χ3v) is 9.56. The van der Waals surface area contributed by atoms with E-state index in [2.05, 4.69) is 22.3 Å². The molecule has 9 nitrogen and oxygen atoms in total. The standard InChI is InChI=1S/C38H41ClN4O5/c1-25(2)27-12-15-34-30(22-27)33(44)23-35(48-34)37(46)40-31(21-26-10-13-29(39)14-11-26)38(47)42-19-17-41(18-20-42)32-8-4-3-7-28(32)24-43-16-6-5-9-36(43)45/h3-4,7-8,10-15,22-23,25,31H,5-6,9,16-21,24H2,1-2H3,(H,40,46)/t31-/m1/s1. The molecule has 0 unspecified atom stereocenters. The first kappa shape index (κ1) is 33.3. The van der Waals surface area contributed by atoms with Crippen molar-refractivity contribution < 1.29 is 18.8 Å². The van der Waals surface area contributed by atoms with Crippen molar-refractivity contribution in [2.24, 2.45) is 0 Å². The van der Waals surface area contributed by atoms with Crippen molar-refractivity contribution in [1.82, 2.24) is 15.1 Å². The van der Waals surface area contributed by atoms with Crippen molar-refractivity contribution in [3.63, 3.8) is 0 Å². The number of piperazine rings is 1. The van der Waals surface area contributed by atoms with E-state index < -0.39 is 11.9 Å². The van der Waals surface area contributed by atoms with Gasteiger partial charge in [-0.1, -0.05) is 61.8 Å². The topological polar surface area (TPSA) is 103 Å². The zero-order chi connectivity index (χ0) is 33.8. The van der Waals surface area contributed by atoms with Gasteiger partial charge in [0, 0.05) is 68.9 Å². The molecule has 0 radical (unpaired) electrons. The summed E-state index contributed by atoms with van der Waals surface area (Å²) in [5.41, 5.74) is 4.00. The fourth-order valence-electron chi connectivity index (χ4n) is 6.51. The van der Waals surface area contributed by atoms with Crippen LogP contribution in [-0.2, 0) is 22.6 Å². The van der Waals surface area contributed by atoms with Crippen LogP contribution < -0.4 is 15.6 Å². The summed E-state index contributed by atoms with van der Waals surface area (Å²) in [5.74, 6) is -0.557. The van der Waals surface area contributed by atoms with Crippen LogP contribution in [0.15, 0.2) is 82.0 Å². The number of hydrogen-bond donors (Lipinski definition) is 1. The summed E-state index contributed by atoms with van der Waals surface area (Å²) in [5, 5.41) is 3.85. The molecule has 10 heteroatoms. The monoisotopic (exact) mass is 668 g/mol. The first-order valence-corrected chi connectivity index (χ1v) is 17.1. The van der Waals surface area contributed by atoms with Crippen LogP contribution in [0.3, 0.4) is 0 Å². The van der Waals surface area contributed by atoms with Crippen LogP contribution in [0, 0.1) is 0 Å². The highest BCUT2D eigenvalue weighted by atomic mass is 35.5. The minimum Gasteiger partial charge on any atom is -0.451 e. The van der Waals surface area contributed by atoms with Gasteiger partial charge in [0.15, 0.2) is 11.2 Å². The summed E-state index contributed by atoms with van der Waals surface area (Å²) in [7, 11) is 0. The molecule has 1 atom stereocenters. The largest absolute Gasteiger partial charge is 0.451 e. The number of benzene rings is 3. The maximum atomic E-state index is 14.1. The zero-order valence-electron chi connectivity index (χ0n) is 27.4. The van der Waals surface area contributed by atoms with E-state index in [0.717, 1.165) is 41.8 Å². The highest BCUT2D eigenvalue weighted by molar-refractivity contribution is 6.30. The molecule has 2 fully saturated rings. The number of carbonyl (C=O) groups is 3. The van der Waals surface area contributed by atoms with Gasteiger partial charge in [0.1, 0.15) is 11.6 Å². The number of para-hydroxylation sites is 1. The third kappa shape index (κ3) is 7.57. The number of halogens is 1. The van der Waals surface area contributed by atoms with Crippen molar-refractivity contribution in [2.75, 3.05) is 37.6 Å². The SMILES string of the molecule is CC(C)c1ccc2oc(C(=O)N[C@H](Cc3ccc(Cl)cc3)C(=O)N3CCN(c4ccccc4CN4CCCCC4=O)CC3)cc(=O)c2c1. The number of likely N-dealkylation sites (tertiary alicyclic amines) is 1. The lowest BCUT2D eigenvalue weighted by molar-refractivity contribution is -0.134. The van der Waals surface area contributed by atoms with Crippen LogP contribution in [0.25, 0.3) is 11.0 Å². The number of anilines is 1. The highest BCUT2D eigenvalue weighted by Gasteiger charge is 2.31. The van der Waals surface area contributed by atoms with Gasteiger partial charge in [-0.25, -0.2) is 0 Å². The van der Waals surface area contributed by atoms with Crippen LogP contribution >= 0.6 is 11.6 Å². The van der Waals surface area contributed by atoms with Gasteiger partial charge in [0.25, 0.3) is 5.91 Å². The second-order valence-corrected chi connectivity index (χ2v) is 13.4. The normalized spacial score (nSPS) is 16.0. The molecule has 0 aliphatic carbocycles. The summed E-state index contributed by atoms with van der Waals surface area (Å²) < 4.78 is 5.88. The van der Waals surface area contributed by atoms with Crippen LogP contribution in [-0.4, -0.2) is 66.3 Å². The number of fused-ring (bicyclic) bond motifs is 1. The molecule has 4 aromatic rings. The predicted octanol–water partition coefficient (Wildman–Crippen LogP) is 5.77. The molecule has 3 amide bonds. The third-order valence-electron chi connectivity index (χ3n) is 9.30. The average Bonchev–Trinajstić information content (AvgIpc) is 3.09. The number of hydrogen-bond acceptors (Lipinski definition) is 6. The van der Waals surface area contributed by atoms with Gasteiger partial charge in [-0.15, -0.1) is 0 Å². The van der Waals surface area contributed by atoms with Crippen LogP contribution in [0.1, 0.15) is 66.3 Å². The molecule has 48 heavy (non-hydrogen) atoms. The lowest BCUT2D eigenvalue weighted by Crippen LogP contribution is -2.55. The van der Waals surface area contributed by atoms with Crippen molar-refractivity contribution in [2.45, 2.75) is 58.0 Å². The molecule has 0 bridgehead atoms. The lowest BCUT2D eigenvalue weighted by atomic mass is 10.0. The smallest absolute Gasteiger partial charge is 0.287 e. The number of rotatable bonds is 9. The lowest BCUT2D eigenvalue weighted by Gasteiger charge is -2.39. The van der Waals surface area contributed by atoms with Gasteiger partial charge in [-0.05, 0) is 65.8 Å². The molecule has 0 saturated carbocycles. The Morgan fingerprint density at radius 1 is 0.896 bits per heavy atom. The molecule has 250 valence electrons. The van der Waals surface area contributed by atoms with E-state index in [-0.39, 0.29) is 35.3 Å². The Hall–Kier alpha value is -4.63. The second kappa shape index (κ2) is 14.6. The Labute approximate surface area is 285 Å². The molecule has 1 N–H and O–H groups in total. The zero-order valence-corrected chi connectivity index (χ0v) is 28.2. The van der Waals surface area contributed by atoms with E-state index in [1.807, 2.05) is 49.1 Å². The Morgan fingerprint density at radius 2 is 1.65 bits per heavy atom. The van der Waals surface area contributed by atoms with E-state index in [1.165, 1.54) is 6.07 Å². The number of nitrogens with one attached hydrogen (secondary N) is 1. The molecule has 0 spiro atoms. The van der Waals surface area contributed by atoms with E-state index in [0.29, 0.717) is 55.1 Å². The van der Waals surface area contributed by atoms with Gasteiger partial charge < -0.3 is 24.4 Å². The summed E-state index contributed by atoms with van der Waals surface area (Å²) >= 11 is 6.11. The Balaban J connectivity index is 1.18. The predicted molar refractivity (Wildman–Crippen MR) is 187 cm³/mol. The number of amides is 3. The molecular weight excluding hydrogens is 628 g/mol. The first-order chi connectivity index (χ1) is 23.2. The van der Waals surface area contributed by atoms with Crippen molar-refractivity contribution >= 4 is 46.0 Å². The molecule has 2 aliphatic rings. The van der Waals surface area contributed by atoms with Gasteiger partial charge >= 0.3 is 0 Å². The molecule has 2 saturated heterocycles. The number of piperidine rings is 1. The molecule has 2 aliphatic heterocycles. The average molecular weight is 669 g/mol. The second-order valence-electron chi connectivity index (χ2n) is 13.0. The fourth-order valence-corrected chi connectivity index (χ4v) is 6.63. The molecule has 3 heterocycles. The molecule has 1 aromatic heterocycles. The van der Waals surface area contributed by atoms with E-state index in [9.17, 15) is 19.2 Å². The quantitative estimate of drug-likeness (QED) is 0.243. The number of carbonyl (C=O) groups excluding carboxylic acids is 3. The van der Waals surface area contributed by atoms with Crippen molar-refractivity contribution in [1.29, 1.82) is 0 Å². The van der Waals surface area contributed by atoms with Gasteiger partial charge in [-0.2, -0.15) is 0 Å². The summed E-state index contributed by atoms with van der Waals surface area (Å²) in [6.45, 7) is 7.58. The summed E-state index contributed by atoms with van der Waals surface area (Å²) in [6, 6.07) is 21.0. The summed E-state index contributed by atoms with van der Waals surface area (Å²) in [4.78, 5) is 59.1. The van der Waals surface area contributed by atoms with Gasteiger partial charge in [0.05, 0.1) is 5.39 Å². The minimum atomic E-state index is -0.896. The molecule has 3 aromatic carbocycles. The van der Waals surface area contributed by atoms with Crippen molar-refractivity contribution in [3.8, 4) is 0 Å². The maximum absolute atomic E-state index is 14.1. The van der Waals surface area contributed by atoms with Crippen molar-refractivity contribution in [3.05, 3.63) is 110 Å². The Morgan fingerprint density at radius 3 is 2.38 bits per heavy atom. The van der Waals surface area contributed by atoms with Gasteiger partial charge in [-0.3, -0.25) is 19.2 Å². The van der Waals surface area contributed by atoms with E-state index in [1.54, 1.807) is 29.2 Å². The highest BCUT2D eigenvalue weighted by Crippen LogP contribution is 2.26. The van der Waals surface area contributed by atoms with Crippen LogP contribution in [0.2, 0.25) is 5.02 Å². The van der Waals surface area contributed by atoms with Crippen LogP contribution in [0.5, 0.6) is 0 Å². The minimum absolute atomic E-state index is 0.146. The Kier molecular flexibility index (Phi) is 10.2. The number of nitrogens with zero attached hydrogens (tertiary/aromatic N) is 3. The van der Waals surface area contributed by atoms with Gasteiger partial charge in [0.2, 0.25) is 11.8 Å². The van der Waals surface area contributed by atoms with Crippen LogP contribution in [0.4, 0.5) is 5.69 Å². The Bertz CT molecular complexity index is 1860. The van der Waals surface area contributed by atoms with E-state index in [4.69, 9.17) is 16.0 Å². The molecular formula is C38H41ClN4O5. The fraction of sp³-hybridized carbons (Fsp3) is 0.368. The summed E-state index contributed by atoms with van der Waals surface area (Å²) in [6.07, 6.45) is 2.81. The maximum Gasteiger partial charge on any atom is 0.287 e. The van der Waals surface area contributed by atoms with E-state index >= 15 is 0 Å². The first-order valence-electron chi connectivity index (χ1n) is 16.7.